The quantitative estimate of drug-likeness (QED) is 0.515. The molecule has 0 aromatic heterocycles. The van der Waals surface area contributed by atoms with Crippen LogP contribution >= 0.6 is 0 Å². The number of hydrogen-bond acceptors (Lipinski definition) is 5. The van der Waals surface area contributed by atoms with Crippen LogP contribution in [0.3, 0.4) is 0 Å². The highest BCUT2D eigenvalue weighted by molar-refractivity contribution is 6.00. The van der Waals surface area contributed by atoms with E-state index in [4.69, 9.17) is 5.73 Å². The number of rotatable bonds is 10. The van der Waals surface area contributed by atoms with E-state index in [2.05, 4.69) is 5.32 Å². The first-order valence-electron chi connectivity index (χ1n) is 13.1. The van der Waals surface area contributed by atoms with Crippen molar-refractivity contribution >= 4 is 29.1 Å². The van der Waals surface area contributed by atoms with Gasteiger partial charge in [0, 0.05) is 30.9 Å². The number of benzene rings is 2. The Morgan fingerprint density at radius 3 is 2.19 bits per heavy atom. The minimum Gasteiger partial charge on any atom is -0.340 e. The van der Waals surface area contributed by atoms with Crippen molar-refractivity contribution in [3.05, 3.63) is 60.2 Å². The highest BCUT2D eigenvalue weighted by Gasteiger charge is 2.32. The molecule has 1 atom stereocenters. The van der Waals surface area contributed by atoms with Gasteiger partial charge in [0.25, 0.3) is 5.91 Å². The first-order chi connectivity index (χ1) is 17.7. The third kappa shape index (κ3) is 7.40. The van der Waals surface area contributed by atoms with E-state index in [1.54, 1.807) is 16.8 Å². The number of nitrogens with one attached hydrogen (secondary N) is 1. The standard InChI is InChI=1S/C29H41N5O3/c1-5-34(24-11-7-6-8-12-24)29(37)27(31-28(36)22-16-14-21(19-30)15-17-22)23-10-9-13-25(18-23)33(4)26(35)20-32(2)3/h6-13,18,21-22,27H,5,14-17,19-20,30H2,1-4H3,(H,31,36)/t21?,22?,27-/m0/s1. The lowest BCUT2D eigenvalue weighted by Gasteiger charge is -2.31. The Hall–Kier alpha value is -3.23. The lowest BCUT2D eigenvalue weighted by molar-refractivity contribution is -0.131. The molecule has 1 aliphatic carbocycles. The smallest absolute Gasteiger partial charge is 0.254 e. The van der Waals surface area contributed by atoms with Gasteiger partial charge in [0.05, 0.1) is 6.54 Å². The van der Waals surface area contributed by atoms with Gasteiger partial charge in [-0.25, -0.2) is 0 Å². The number of carbonyl (C=O) groups is 3. The normalized spacial score (nSPS) is 18.2. The second-order valence-electron chi connectivity index (χ2n) is 10.1. The van der Waals surface area contributed by atoms with Crippen LogP contribution in [0.25, 0.3) is 0 Å². The fraction of sp³-hybridized carbons (Fsp3) is 0.483. The van der Waals surface area contributed by atoms with Gasteiger partial charge in [0.2, 0.25) is 11.8 Å². The maximum Gasteiger partial charge on any atom is 0.254 e. The SMILES string of the molecule is CCN(C(=O)[C@@H](NC(=O)C1CCC(CN)CC1)c1cccc(N(C)C(=O)CN(C)C)c1)c1ccccc1. The van der Waals surface area contributed by atoms with Gasteiger partial charge >= 0.3 is 0 Å². The molecule has 1 saturated carbocycles. The molecule has 3 rings (SSSR count). The fourth-order valence-corrected chi connectivity index (χ4v) is 4.87. The van der Waals surface area contributed by atoms with Crippen LogP contribution in [0.5, 0.6) is 0 Å². The summed E-state index contributed by atoms with van der Waals surface area (Å²) >= 11 is 0. The van der Waals surface area contributed by atoms with Gasteiger partial charge in [-0.15, -0.1) is 0 Å². The highest BCUT2D eigenvalue weighted by atomic mass is 16.2. The van der Waals surface area contributed by atoms with Crippen molar-refractivity contribution in [3.63, 3.8) is 0 Å². The minimum absolute atomic E-state index is 0.0646. The summed E-state index contributed by atoms with van der Waals surface area (Å²) in [6, 6.07) is 15.9. The summed E-state index contributed by atoms with van der Waals surface area (Å²) in [5, 5.41) is 3.07. The summed E-state index contributed by atoms with van der Waals surface area (Å²) in [5.74, 6) is -0.0674. The van der Waals surface area contributed by atoms with E-state index < -0.39 is 6.04 Å². The molecule has 3 N–H and O–H groups in total. The average molecular weight is 508 g/mol. The molecule has 0 aliphatic heterocycles. The summed E-state index contributed by atoms with van der Waals surface area (Å²) in [6.45, 7) is 3.29. The molecule has 200 valence electrons. The number of para-hydroxylation sites is 1. The van der Waals surface area contributed by atoms with E-state index in [1.807, 2.05) is 80.5 Å². The van der Waals surface area contributed by atoms with Crippen LogP contribution in [-0.2, 0) is 14.4 Å². The second-order valence-corrected chi connectivity index (χ2v) is 10.1. The monoisotopic (exact) mass is 507 g/mol. The molecular weight excluding hydrogens is 466 g/mol. The fourth-order valence-electron chi connectivity index (χ4n) is 4.87. The van der Waals surface area contributed by atoms with Crippen molar-refractivity contribution in [2.45, 2.75) is 38.6 Å². The predicted octanol–water partition coefficient (Wildman–Crippen LogP) is 3.19. The Labute approximate surface area is 220 Å². The van der Waals surface area contributed by atoms with E-state index in [0.717, 1.165) is 31.4 Å². The molecule has 1 fully saturated rings. The Morgan fingerprint density at radius 1 is 0.946 bits per heavy atom. The van der Waals surface area contributed by atoms with Gasteiger partial charge in [-0.2, -0.15) is 0 Å². The summed E-state index contributed by atoms with van der Waals surface area (Å²) in [5.41, 5.74) is 7.91. The van der Waals surface area contributed by atoms with Crippen molar-refractivity contribution in [1.29, 1.82) is 0 Å². The van der Waals surface area contributed by atoms with Crippen molar-refractivity contribution in [2.24, 2.45) is 17.6 Å². The van der Waals surface area contributed by atoms with Crippen LogP contribution in [0.2, 0.25) is 0 Å². The Bertz CT molecular complexity index is 1050. The van der Waals surface area contributed by atoms with Crippen LogP contribution < -0.4 is 20.9 Å². The van der Waals surface area contributed by atoms with Crippen LogP contribution in [0, 0.1) is 11.8 Å². The van der Waals surface area contributed by atoms with E-state index in [9.17, 15) is 14.4 Å². The largest absolute Gasteiger partial charge is 0.340 e. The van der Waals surface area contributed by atoms with Gasteiger partial charge < -0.3 is 25.8 Å². The van der Waals surface area contributed by atoms with Crippen molar-refractivity contribution in [1.82, 2.24) is 10.2 Å². The Balaban J connectivity index is 1.91. The summed E-state index contributed by atoms with van der Waals surface area (Å²) in [4.78, 5) is 45.1. The molecule has 0 bridgehead atoms. The maximum absolute atomic E-state index is 14.0. The van der Waals surface area contributed by atoms with Gasteiger partial charge in [-0.3, -0.25) is 14.4 Å². The van der Waals surface area contributed by atoms with Gasteiger partial charge in [0.15, 0.2) is 0 Å². The van der Waals surface area contributed by atoms with E-state index in [0.29, 0.717) is 30.3 Å². The van der Waals surface area contributed by atoms with Crippen LogP contribution in [0.1, 0.15) is 44.2 Å². The number of anilines is 2. The Morgan fingerprint density at radius 2 is 1.59 bits per heavy atom. The van der Waals surface area contributed by atoms with Gasteiger partial charge in [-0.05, 0) is 89.0 Å². The molecular formula is C29H41N5O3. The zero-order valence-corrected chi connectivity index (χ0v) is 22.5. The first kappa shape index (κ1) is 28.3. The highest BCUT2D eigenvalue weighted by Crippen LogP contribution is 2.30. The molecule has 2 aromatic carbocycles. The molecule has 0 unspecified atom stereocenters. The second kappa shape index (κ2) is 13.4. The number of hydrogen-bond donors (Lipinski definition) is 2. The summed E-state index contributed by atoms with van der Waals surface area (Å²) < 4.78 is 0. The molecule has 0 heterocycles. The average Bonchev–Trinajstić information content (AvgIpc) is 2.91. The first-order valence-corrected chi connectivity index (χ1v) is 13.1. The van der Waals surface area contributed by atoms with Crippen molar-refractivity contribution < 1.29 is 14.4 Å². The van der Waals surface area contributed by atoms with Crippen LogP contribution in [0.15, 0.2) is 54.6 Å². The number of nitrogens with two attached hydrogens (primary N) is 1. The third-order valence-electron chi connectivity index (χ3n) is 7.15. The lowest BCUT2D eigenvalue weighted by atomic mass is 9.81. The van der Waals surface area contributed by atoms with Crippen LogP contribution in [0.4, 0.5) is 11.4 Å². The molecule has 3 amide bonds. The maximum atomic E-state index is 14.0. The van der Waals surface area contributed by atoms with E-state index >= 15 is 0 Å². The third-order valence-corrected chi connectivity index (χ3v) is 7.15. The number of likely N-dealkylation sites (N-methyl/N-ethyl adjacent to an activating group) is 3. The van der Waals surface area contributed by atoms with Gasteiger partial charge in [-0.1, -0.05) is 30.3 Å². The number of nitrogens with zero attached hydrogens (tertiary/aromatic N) is 3. The predicted molar refractivity (Wildman–Crippen MR) is 148 cm³/mol. The van der Waals surface area contributed by atoms with E-state index in [-0.39, 0.29) is 30.2 Å². The lowest BCUT2D eigenvalue weighted by Crippen LogP contribution is -2.45. The minimum atomic E-state index is -0.878. The number of carbonyl (C=O) groups excluding carboxylic acids is 3. The summed E-state index contributed by atoms with van der Waals surface area (Å²) in [6.07, 6.45) is 3.39. The molecule has 1 aliphatic rings. The molecule has 37 heavy (non-hydrogen) atoms. The van der Waals surface area contributed by atoms with Gasteiger partial charge in [0.1, 0.15) is 6.04 Å². The number of amides is 3. The van der Waals surface area contributed by atoms with E-state index in [1.165, 1.54) is 0 Å². The molecule has 0 spiro atoms. The van der Waals surface area contributed by atoms with Crippen LogP contribution in [-0.4, -0.2) is 63.4 Å². The molecule has 8 nitrogen and oxygen atoms in total. The van der Waals surface area contributed by atoms with Crippen molar-refractivity contribution in [2.75, 3.05) is 50.6 Å². The Kier molecular flexibility index (Phi) is 10.2. The molecule has 0 radical (unpaired) electrons. The summed E-state index contributed by atoms with van der Waals surface area (Å²) in [7, 11) is 5.41. The zero-order chi connectivity index (χ0) is 26.9. The molecule has 0 saturated heterocycles. The van der Waals surface area contributed by atoms with Crippen molar-refractivity contribution in [3.8, 4) is 0 Å². The zero-order valence-electron chi connectivity index (χ0n) is 22.5. The molecule has 2 aromatic rings. The topological polar surface area (TPSA) is 99.0 Å². The molecule has 8 heteroatoms.